The maximum absolute atomic E-state index is 11.9. The first-order chi connectivity index (χ1) is 10.1. The molecule has 1 amide bonds. The summed E-state index contributed by atoms with van der Waals surface area (Å²) < 4.78 is 4.96. The summed E-state index contributed by atoms with van der Waals surface area (Å²) in [4.78, 5) is 11.9. The second kappa shape index (κ2) is 5.50. The van der Waals surface area contributed by atoms with Gasteiger partial charge in [-0.1, -0.05) is 28.9 Å². The monoisotopic (exact) mass is 305 g/mol. The first-order valence-corrected chi connectivity index (χ1v) is 7.19. The first kappa shape index (κ1) is 14.1. The number of carbonyl (C=O) groups is 1. The lowest BCUT2D eigenvalue weighted by atomic mass is 10.1. The molecule has 0 bridgehead atoms. The van der Waals surface area contributed by atoms with Crippen LogP contribution in [-0.4, -0.2) is 17.6 Å². The molecule has 2 aromatic rings. The maximum atomic E-state index is 11.9. The fourth-order valence-corrected chi connectivity index (χ4v) is 2.52. The number of hydrogen-bond donors (Lipinski definition) is 2. The van der Waals surface area contributed by atoms with E-state index in [1.165, 1.54) is 0 Å². The molecule has 0 aliphatic heterocycles. The summed E-state index contributed by atoms with van der Waals surface area (Å²) >= 11 is 6.02. The molecule has 0 unspecified atom stereocenters. The Morgan fingerprint density at radius 2 is 2.24 bits per heavy atom. The number of nitrogens with one attached hydrogen (secondary N) is 2. The predicted octanol–water partition coefficient (Wildman–Crippen LogP) is 2.85. The fraction of sp³-hybridized carbons (Fsp3) is 0.333. The van der Waals surface area contributed by atoms with Crippen LogP contribution in [0.25, 0.3) is 0 Å². The maximum Gasteiger partial charge on any atom is 0.240 e. The SMILES string of the molecule is Cc1cc(NC(=O)CNC2(c3cccc(Cl)c3)CC2)on1. The normalized spacial score (nSPS) is 15.7. The first-order valence-electron chi connectivity index (χ1n) is 6.82. The van der Waals surface area contributed by atoms with Gasteiger partial charge < -0.3 is 4.52 Å². The number of halogens is 1. The third kappa shape index (κ3) is 3.25. The van der Waals surface area contributed by atoms with Gasteiger partial charge >= 0.3 is 0 Å². The Hall–Kier alpha value is -1.85. The van der Waals surface area contributed by atoms with Gasteiger partial charge in [0.15, 0.2) is 0 Å². The largest absolute Gasteiger partial charge is 0.338 e. The van der Waals surface area contributed by atoms with Crippen molar-refractivity contribution in [1.29, 1.82) is 0 Å². The topological polar surface area (TPSA) is 67.2 Å². The van der Waals surface area contributed by atoms with Crippen molar-refractivity contribution < 1.29 is 9.32 Å². The van der Waals surface area contributed by atoms with Crippen molar-refractivity contribution in [3.05, 3.63) is 46.6 Å². The van der Waals surface area contributed by atoms with E-state index in [0.29, 0.717) is 10.9 Å². The second-order valence-electron chi connectivity index (χ2n) is 5.33. The van der Waals surface area contributed by atoms with E-state index < -0.39 is 0 Å². The van der Waals surface area contributed by atoms with Crippen LogP contribution < -0.4 is 10.6 Å². The molecule has 1 saturated carbocycles. The van der Waals surface area contributed by atoms with E-state index in [9.17, 15) is 4.79 Å². The predicted molar refractivity (Wildman–Crippen MR) is 80.2 cm³/mol. The van der Waals surface area contributed by atoms with E-state index in [1.54, 1.807) is 13.0 Å². The van der Waals surface area contributed by atoms with Gasteiger partial charge in [-0.05, 0) is 37.5 Å². The van der Waals surface area contributed by atoms with Crippen molar-refractivity contribution in [2.75, 3.05) is 11.9 Å². The van der Waals surface area contributed by atoms with Crippen LogP contribution in [-0.2, 0) is 10.3 Å². The lowest BCUT2D eigenvalue weighted by Crippen LogP contribution is -2.36. The van der Waals surface area contributed by atoms with Gasteiger partial charge in [0.25, 0.3) is 0 Å². The van der Waals surface area contributed by atoms with E-state index in [0.717, 1.165) is 24.1 Å². The van der Waals surface area contributed by atoms with Crippen LogP contribution in [0.5, 0.6) is 0 Å². The summed E-state index contributed by atoms with van der Waals surface area (Å²) in [5.74, 6) is 0.214. The number of aromatic nitrogens is 1. The van der Waals surface area contributed by atoms with Crippen molar-refractivity contribution >= 4 is 23.4 Å². The number of rotatable bonds is 5. The summed E-state index contributed by atoms with van der Waals surface area (Å²) in [7, 11) is 0. The molecule has 3 rings (SSSR count). The van der Waals surface area contributed by atoms with Gasteiger partial charge in [0.05, 0.1) is 12.2 Å². The Balaban J connectivity index is 1.58. The molecular formula is C15H16ClN3O2. The molecule has 6 heteroatoms. The molecule has 1 aromatic carbocycles. The van der Waals surface area contributed by atoms with E-state index in [-0.39, 0.29) is 18.0 Å². The molecule has 1 aromatic heterocycles. The lowest BCUT2D eigenvalue weighted by molar-refractivity contribution is -0.115. The van der Waals surface area contributed by atoms with Crippen molar-refractivity contribution in [1.82, 2.24) is 10.5 Å². The summed E-state index contributed by atoms with van der Waals surface area (Å²) in [6.45, 7) is 2.02. The Morgan fingerprint density at radius 3 is 2.86 bits per heavy atom. The van der Waals surface area contributed by atoms with Crippen LogP contribution in [0.15, 0.2) is 34.9 Å². The van der Waals surface area contributed by atoms with Crippen LogP contribution in [0, 0.1) is 6.92 Å². The highest BCUT2D eigenvalue weighted by molar-refractivity contribution is 6.30. The molecule has 1 aliphatic carbocycles. The molecule has 5 nitrogen and oxygen atoms in total. The molecule has 21 heavy (non-hydrogen) atoms. The average molecular weight is 306 g/mol. The Labute approximate surface area is 127 Å². The van der Waals surface area contributed by atoms with E-state index >= 15 is 0 Å². The molecule has 0 radical (unpaired) electrons. The highest BCUT2D eigenvalue weighted by Gasteiger charge is 2.44. The number of benzene rings is 1. The van der Waals surface area contributed by atoms with Crippen molar-refractivity contribution in [3.63, 3.8) is 0 Å². The quantitative estimate of drug-likeness (QED) is 0.891. The van der Waals surface area contributed by atoms with Crippen LogP contribution >= 0.6 is 11.6 Å². The summed E-state index contributed by atoms with van der Waals surface area (Å²) in [5.41, 5.74) is 1.73. The van der Waals surface area contributed by atoms with Crippen LogP contribution in [0.2, 0.25) is 5.02 Å². The minimum Gasteiger partial charge on any atom is -0.338 e. The number of amides is 1. The molecule has 0 saturated heterocycles. The fourth-order valence-electron chi connectivity index (χ4n) is 2.33. The molecule has 1 fully saturated rings. The molecule has 0 atom stereocenters. The Kier molecular flexibility index (Phi) is 3.69. The third-order valence-corrected chi connectivity index (χ3v) is 3.84. The van der Waals surface area contributed by atoms with Gasteiger partial charge in [-0.2, -0.15) is 0 Å². The van der Waals surface area contributed by atoms with Crippen LogP contribution in [0.1, 0.15) is 24.1 Å². The second-order valence-corrected chi connectivity index (χ2v) is 5.76. The minimum atomic E-state index is -0.153. The van der Waals surface area contributed by atoms with Gasteiger partial charge in [0.2, 0.25) is 11.8 Å². The summed E-state index contributed by atoms with van der Waals surface area (Å²) in [6, 6.07) is 9.43. The van der Waals surface area contributed by atoms with E-state index in [2.05, 4.69) is 15.8 Å². The van der Waals surface area contributed by atoms with Gasteiger partial charge in [-0.15, -0.1) is 0 Å². The van der Waals surface area contributed by atoms with Crippen molar-refractivity contribution in [3.8, 4) is 0 Å². The number of anilines is 1. The summed E-state index contributed by atoms with van der Waals surface area (Å²) in [5, 5.41) is 10.4. The van der Waals surface area contributed by atoms with E-state index in [4.69, 9.17) is 16.1 Å². The van der Waals surface area contributed by atoms with Crippen LogP contribution in [0.3, 0.4) is 0 Å². The minimum absolute atomic E-state index is 0.125. The van der Waals surface area contributed by atoms with Crippen LogP contribution in [0.4, 0.5) is 5.88 Å². The summed E-state index contributed by atoms with van der Waals surface area (Å²) in [6.07, 6.45) is 2.00. The highest BCUT2D eigenvalue weighted by atomic mass is 35.5. The molecule has 110 valence electrons. The van der Waals surface area contributed by atoms with E-state index in [1.807, 2.05) is 24.3 Å². The molecule has 2 N–H and O–H groups in total. The smallest absolute Gasteiger partial charge is 0.240 e. The zero-order chi connectivity index (χ0) is 14.9. The standard InChI is InChI=1S/C15H16ClN3O2/c1-10-7-14(21-19-10)18-13(20)9-17-15(5-6-15)11-3-2-4-12(16)8-11/h2-4,7-8,17H,5-6,9H2,1H3,(H,18,20). The van der Waals surface area contributed by atoms with Gasteiger partial charge in [-0.25, -0.2) is 0 Å². The third-order valence-electron chi connectivity index (χ3n) is 3.61. The Morgan fingerprint density at radius 1 is 1.43 bits per heavy atom. The van der Waals surface area contributed by atoms with Gasteiger partial charge in [0.1, 0.15) is 0 Å². The number of carbonyl (C=O) groups excluding carboxylic acids is 1. The molecular weight excluding hydrogens is 290 g/mol. The molecule has 1 aliphatic rings. The van der Waals surface area contributed by atoms with Gasteiger partial charge in [0, 0.05) is 16.6 Å². The molecule has 0 spiro atoms. The molecule has 1 heterocycles. The number of nitrogens with zero attached hydrogens (tertiary/aromatic N) is 1. The van der Waals surface area contributed by atoms with Gasteiger partial charge in [-0.3, -0.25) is 15.4 Å². The van der Waals surface area contributed by atoms with Crippen molar-refractivity contribution in [2.45, 2.75) is 25.3 Å². The average Bonchev–Trinajstić information content (AvgIpc) is 3.15. The Bertz CT molecular complexity index is 664. The lowest BCUT2D eigenvalue weighted by Gasteiger charge is -2.17. The zero-order valence-electron chi connectivity index (χ0n) is 11.6. The van der Waals surface area contributed by atoms with Crippen molar-refractivity contribution in [2.24, 2.45) is 0 Å². The number of hydrogen-bond acceptors (Lipinski definition) is 4. The zero-order valence-corrected chi connectivity index (χ0v) is 12.4. The highest BCUT2D eigenvalue weighted by Crippen LogP contribution is 2.45. The number of aryl methyl sites for hydroxylation is 1.